The van der Waals surface area contributed by atoms with E-state index in [1.807, 2.05) is 30.3 Å². The smallest absolute Gasteiger partial charge is 0.270 e. The van der Waals surface area contributed by atoms with Crippen molar-refractivity contribution < 1.29 is 19.1 Å². The van der Waals surface area contributed by atoms with Crippen molar-refractivity contribution in [2.45, 2.75) is 18.3 Å². The lowest BCUT2D eigenvalue weighted by molar-refractivity contribution is -0.385. The van der Waals surface area contributed by atoms with Crippen LogP contribution in [0.3, 0.4) is 0 Å². The number of nitrogens with zero attached hydrogens (tertiary/aromatic N) is 1. The summed E-state index contributed by atoms with van der Waals surface area (Å²) in [6, 6.07) is 14.2. The van der Waals surface area contributed by atoms with E-state index in [1.54, 1.807) is 20.3 Å². The van der Waals surface area contributed by atoms with Crippen molar-refractivity contribution in [1.82, 2.24) is 0 Å². The van der Waals surface area contributed by atoms with E-state index in [-0.39, 0.29) is 11.6 Å². The molecule has 6 heteroatoms. The van der Waals surface area contributed by atoms with Gasteiger partial charge in [0.15, 0.2) is 0 Å². The first kappa shape index (κ1) is 15.5. The Hall–Kier alpha value is -2.44. The van der Waals surface area contributed by atoms with Crippen LogP contribution in [0.4, 0.5) is 5.69 Å². The summed E-state index contributed by atoms with van der Waals surface area (Å²) in [4.78, 5) is 10.6. The number of methoxy groups -OCH3 is 2. The number of rotatable bonds is 4. The molecule has 0 unspecified atom stereocenters. The molecule has 0 aliphatic carbocycles. The van der Waals surface area contributed by atoms with Crippen LogP contribution < -0.4 is 4.74 Å². The monoisotopic (exact) mass is 315 g/mol. The molecular weight excluding hydrogens is 298 g/mol. The second kappa shape index (κ2) is 6.36. The van der Waals surface area contributed by atoms with Crippen molar-refractivity contribution in [3.8, 4) is 5.75 Å². The van der Waals surface area contributed by atoms with Gasteiger partial charge < -0.3 is 14.2 Å². The van der Waals surface area contributed by atoms with Crippen LogP contribution in [0.5, 0.6) is 5.75 Å². The van der Waals surface area contributed by atoms with Crippen molar-refractivity contribution in [1.29, 1.82) is 0 Å². The average Bonchev–Trinajstić information content (AvgIpc) is 2.60. The Labute approximate surface area is 133 Å². The molecule has 0 radical (unpaired) electrons. The van der Waals surface area contributed by atoms with Crippen molar-refractivity contribution in [3.05, 3.63) is 69.8 Å². The quantitative estimate of drug-likeness (QED) is 0.638. The molecule has 3 atom stereocenters. The molecule has 1 heterocycles. The fraction of sp³-hybridized carbons (Fsp3) is 0.294. The zero-order valence-corrected chi connectivity index (χ0v) is 12.8. The van der Waals surface area contributed by atoms with Gasteiger partial charge in [0, 0.05) is 31.9 Å². The topological polar surface area (TPSA) is 70.8 Å². The predicted molar refractivity (Wildman–Crippen MR) is 83.5 cm³/mol. The van der Waals surface area contributed by atoms with Crippen LogP contribution >= 0.6 is 0 Å². The van der Waals surface area contributed by atoms with E-state index in [2.05, 4.69) is 0 Å². The summed E-state index contributed by atoms with van der Waals surface area (Å²) in [7, 11) is 3.16. The van der Waals surface area contributed by atoms with Gasteiger partial charge in [-0.15, -0.1) is 0 Å². The number of hydrogen-bond donors (Lipinski definition) is 0. The summed E-state index contributed by atoms with van der Waals surface area (Å²) in [6.07, 6.45) is -0.928. The average molecular weight is 315 g/mol. The van der Waals surface area contributed by atoms with E-state index in [1.165, 1.54) is 12.1 Å². The highest BCUT2D eigenvalue weighted by molar-refractivity contribution is 5.48. The summed E-state index contributed by atoms with van der Waals surface area (Å²) < 4.78 is 17.0. The van der Waals surface area contributed by atoms with Gasteiger partial charge in [0.2, 0.25) is 6.29 Å². The maximum absolute atomic E-state index is 11.1. The molecule has 3 rings (SSSR count). The normalized spacial score (nSPS) is 23.0. The SMILES string of the molecule is CO[C@@H]1Oc2ccc([N+](=O)[O-])cc2[C@@H](OC)[C@H]1c1ccccc1. The number of hydrogen-bond acceptors (Lipinski definition) is 5. The Balaban J connectivity index is 2.10. The second-order valence-electron chi connectivity index (χ2n) is 5.29. The van der Waals surface area contributed by atoms with Gasteiger partial charge in [-0.25, -0.2) is 0 Å². The van der Waals surface area contributed by atoms with Crippen LogP contribution in [0.15, 0.2) is 48.5 Å². The van der Waals surface area contributed by atoms with Gasteiger partial charge in [-0.3, -0.25) is 10.1 Å². The standard InChI is InChI=1S/C17H17NO5/c1-21-16-13-10-12(18(19)20)8-9-14(13)23-17(22-2)15(16)11-6-4-3-5-7-11/h3-10,15-17H,1-2H3/t15-,16-,17-/m1/s1. The molecule has 0 amide bonds. The molecule has 120 valence electrons. The first-order valence-electron chi connectivity index (χ1n) is 7.21. The Morgan fingerprint density at radius 3 is 2.43 bits per heavy atom. The molecule has 0 spiro atoms. The maximum Gasteiger partial charge on any atom is 0.270 e. The van der Waals surface area contributed by atoms with Gasteiger partial charge in [0.25, 0.3) is 5.69 Å². The Bertz CT molecular complexity index is 703. The molecule has 2 aromatic rings. The maximum atomic E-state index is 11.1. The highest BCUT2D eigenvalue weighted by Crippen LogP contribution is 2.46. The third-order valence-electron chi connectivity index (χ3n) is 4.04. The molecule has 0 saturated carbocycles. The lowest BCUT2D eigenvalue weighted by atomic mass is 9.86. The van der Waals surface area contributed by atoms with E-state index in [0.717, 1.165) is 5.56 Å². The van der Waals surface area contributed by atoms with Gasteiger partial charge in [-0.05, 0) is 11.6 Å². The number of non-ortho nitro benzene ring substituents is 1. The first-order chi connectivity index (χ1) is 11.2. The third kappa shape index (κ3) is 2.78. The molecule has 0 aromatic heterocycles. The van der Waals surface area contributed by atoms with E-state index < -0.39 is 17.3 Å². The van der Waals surface area contributed by atoms with E-state index in [9.17, 15) is 10.1 Å². The second-order valence-corrected chi connectivity index (χ2v) is 5.29. The molecule has 1 aliphatic rings. The van der Waals surface area contributed by atoms with Gasteiger partial charge >= 0.3 is 0 Å². The van der Waals surface area contributed by atoms with Gasteiger partial charge in [0.1, 0.15) is 5.75 Å². The lowest BCUT2D eigenvalue weighted by Crippen LogP contribution is -2.36. The molecule has 0 fully saturated rings. The van der Waals surface area contributed by atoms with Gasteiger partial charge in [-0.1, -0.05) is 30.3 Å². The third-order valence-corrected chi connectivity index (χ3v) is 4.04. The predicted octanol–water partition coefficient (Wildman–Crippen LogP) is 3.43. The Morgan fingerprint density at radius 1 is 1.09 bits per heavy atom. The Kier molecular flexibility index (Phi) is 4.27. The molecule has 0 bridgehead atoms. The van der Waals surface area contributed by atoms with Crippen LogP contribution in [0.2, 0.25) is 0 Å². The number of benzene rings is 2. The molecule has 0 N–H and O–H groups in total. The molecule has 6 nitrogen and oxygen atoms in total. The zero-order chi connectivity index (χ0) is 16.4. The van der Waals surface area contributed by atoms with Crippen LogP contribution in [0.1, 0.15) is 23.1 Å². The summed E-state index contributed by atoms with van der Waals surface area (Å²) in [5.41, 5.74) is 1.66. The highest BCUT2D eigenvalue weighted by Gasteiger charge is 2.40. The minimum Gasteiger partial charge on any atom is -0.464 e. The molecule has 1 aliphatic heterocycles. The minimum absolute atomic E-state index is 0.0112. The van der Waals surface area contributed by atoms with E-state index in [4.69, 9.17) is 14.2 Å². The van der Waals surface area contributed by atoms with Crippen molar-refractivity contribution in [2.24, 2.45) is 0 Å². The zero-order valence-electron chi connectivity index (χ0n) is 12.8. The van der Waals surface area contributed by atoms with Crippen LogP contribution in [0.25, 0.3) is 0 Å². The number of nitro benzene ring substituents is 1. The summed E-state index contributed by atoms with van der Waals surface area (Å²) in [6.45, 7) is 0. The van der Waals surface area contributed by atoms with E-state index in [0.29, 0.717) is 11.3 Å². The van der Waals surface area contributed by atoms with Gasteiger partial charge in [-0.2, -0.15) is 0 Å². The summed E-state index contributed by atoms with van der Waals surface area (Å²) >= 11 is 0. The lowest BCUT2D eigenvalue weighted by Gasteiger charge is -2.38. The molecule has 2 aromatic carbocycles. The number of nitro groups is 1. The van der Waals surface area contributed by atoms with Crippen LogP contribution in [-0.4, -0.2) is 25.4 Å². The highest BCUT2D eigenvalue weighted by atomic mass is 16.7. The largest absolute Gasteiger partial charge is 0.464 e. The Morgan fingerprint density at radius 2 is 1.83 bits per heavy atom. The number of fused-ring (bicyclic) bond motifs is 1. The number of ether oxygens (including phenoxy) is 3. The molecule has 0 saturated heterocycles. The van der Waals surface area contributed by atoms with Crippen molar-refractivity contribution in [2.75, 3.05) is 14.2 Å². The molecular formula is C17H17NO5. The van der Waals surface area contributed by atoms with Crippen LogP contribution in [0, 0.1) is 10.1 Å². The summed E-state index contributed by atoms with van der Waals surface area (Å²) in [5.74, 6) is 0.321. The molecule has 23 heavy (non-hydrogen) atoms. The fourth-order valence-electron chi connectivity index (χ4n) is 2.99. The fourth-order valence-corrected chi connectivity index (χ4v) is 2.99. The van der Waals surface area contributed by atoms with Crippen LogP contribution in [-0.2, 0) is 9.47 Å². The van der Waals surface area contributed by atoms with Crippen molar-refractivity contribution >= 4 is 5.69 Å². The van der Waals surface area contributed by atoms with Gasteiger partial charge in [0.05, 0.1) is 16.9 Å². The minimum atomic E-state index is -0.531. The van der Waals surface area contributed by atoms with E-state index >= 15 is 0 Å². The first-order valence-corrected chi connectivity index (χ1v) is 7.21. The summed E-state index contributed by atoms with van der Waals surface area (Å²) in [5, 5.41) is 11.1. The van der Waals surface area contributed by atoms with Crippen molar-refractivity contribution in [3.63, 3.8) is 0 Å².